The molecule has 26 heavy (non-hydrogen) atoms. The summed E-state index contributed by atoms with van der Waals surface area (Å²) >= 11 is 0. The molecule has 7 nitrogen and oxygen atoms in total. The summed E-state index contributed by atoms with van der Waals surface area (Å²) in [6, 6.07) is 6.31. The molecule has 0 bridgehead atoms. The van der Waals surface area contributed by atoms with Crippen LogP contribution in [0.25, 0.3) is 0 Å². The molecule has 0 spiro atoms. The second-order valence-electron chi connectivity index (χ2n) is 6.77. The molecule has 3 N–H and O–H groups in total. The van der Waals surface area contributed by atoms with E-state index in [0.29, 0.717) is 32.4 Å². The lowest BCUT2D eigenvalue weighted by Crippen LogP contribution is -2.49. The number of amides is 1. The van der Waals surface area contributed by atoms with Gasteiger partial charge in [-0.2, -0.15) is 0 Å². The second-order valence-corrected chi connectivity index (χ2v) is 9.02. The molecule has 2 heterocycles. The molecule has 2 aliphatic rings. The Morgan fingerprint density at radius 2 is 2.04 bits per heavy atom. The zero-order valence-corrected chi connectivity index (χ0v) is 15.6. The molecule has 3 rings (SSSR count). The lowest BCUT2D eigenvalue weighted by Gasteiger charge is -2.30. The molecule has 1 aromatic carbocycles. The Balaban J connectivity index is 1.49. The standard InChI is InChI=1S/C17H25FN4O3S/c1-2-26(24,25)22-8-6-12(7-9-22)17(23)19-16-11-15(20-21-16)13-4-3-5-14(18)10-13/h3-5,10,12,15-16,20-21H,2,6-9,11H2,1H3,(H,19,23). The van der Waals surface area contributed by atoms with Gasteiger partial charge in [-0.15, -0.1) is 0 Å². The van der Waals surface area contributed by atoms with Gasteiger partial charge in [0, 0.05) is 31.5 Å². The van der Waals surface area contributed by atoms with E-state index < -0.39 is 10.0 Å². The highest BCUT2D eigenvalue weighted by Crippen LogP contribution is 2.23. The number of hydrogen-bond acceptors (Lipinski definition) is 5. The highest BCUT2D eigenvalue weighted by molar-refractivity contribution is 7.89. The molecule has 2 fully saturated rings. The number of sulfonamides is 1. The van der Waals surface area contributed by atoms with Crippen molar-refractivity contribution in [1.29, 1.82) is 0 Å². The molecule has 0 aromatic heterocycles. The van der Waals surface area contributed by atoms with Gasteiger partial charge >= 0.3 is 0 Å². The van der Waals surface area contributed by atoms with Crippen LogP contribution < -0.4 is 16.2 Å². The molecule has 9 heteroatoms. The van der Waals surface area contributed by atoms with Crippen molar-refractivity contribution in [3.63, 3.8) is 0 Å². The van der Waals surface area contributed by atoms with Crippen molar-refractivity contribution in [2.24, 2.45) is 5.92 Å². The quantitative estimate of drug-likeness (QED) is 0.701. The average Bonchev–Trinajstić information content (AvgIpc) is 3.10. The summed E-state index contributed by atoms with van der Waals surface area (Å²) in [4.78, 5) is 12.5. The van der Waals surface area contributed by atoms with Crippen molar-refractivity contribution in [2.75, 3.05) is 18.8 Å². The molecule has 2 aliphatic heterocycles. The maximum atomic E-state index is 13.3. The Labute approximate surface area is 153 Å². The normalized spacial score (nSPS) is 25.3. The fraction of sp³-hybridized carbons (Fsp3) is 0.588. The summed E-state index contributed by atoms with van der Waals surface area (Å²) in [5.41, 5.74) is 6.93. The molecule has 2 saturated heterocycles. The van der Waals surface area contributed by atoms with Crippen molar-refractivity contribution < 1.29 is 17.6 Å². The number of halogens is 1. The summed E-state index contributed by atoms with van der Waals surface area (Å²) in [5.74, 6) is -0.458. The summed E-state index contributed by atoms with van der Waals surface area (Å²) in [6.45, 7) is 2.40. The van der Waals surface area contributed by atoms with Crippen LogP contribution in [0, 0.1) is 11.7 Å². The monoisotopic (exact) mass is 384 g/mol. The first-order valence-electron chi connectivity index (χ1n) is 8.93. The van der Waals surface area contributed by atoms with E-state index in [4.69, 9.17) is 0 Å². The van der Waals surface area contributed by atoms with Gasteiger partial charge in [0.2, 0.25) is 15.9 Å². The molecule has 0 radical (unpaired) electrons. The lowest BCUT2D eigenvalue weighted by atomic mass is 9.97. The Morgan fingerprint density at radius 1 is 1.31 bits per heavy atom. The molecule has 1 amide bonds. The van der Waals surface area contributed by atoms with Crippen LogP contribution in [0.4, 0.5) is 4.39 Å². The van der Waals surface area contributed by atoms with E-state index in [1.165, 1.54) is 16.4 Å². The third-order valence-corrected chi connectivity index (χ3v) is 6.94. The number of carbonyl (C=O) groups is 1. The van der Waals surface area contributed by atoms with Crippen LogP contribution in [-0.4, -0.2) is 43.6 Å². The van der Waals surface area contributed by atoms with E-state index in [9.17, 15) is 17.6 Å². The Hall–Kier alpha value is -1.55. The lowest BCUT2D eigenvalue weighted by molar-refractivity contribution is -0.127. The molecule has 2 atom stereocenters. The number of hydrazine groups is 1. The summed E-state index contributed by atoms with van der Waals surface area (Å²) in [7, 11) is -3.19. The van der Waals surface area contributed by atoms with Crippen molar-refractivity contribution in [2.45, 2.75) is 38.4 Å². The van der Waals surface area contributed by atoms with Gasteiger partial charge in [0.25, 0.3) is 0 Å². The van der Waals surface area contributed by atoms with Gasteiger partial charge in [-0.1, -0.05) is 12.1 Å². The number of nitrogens with zero attached hydrogens (tertiary/aromatic N) is 1. The molecule has 0 saturated carbocycles. The van der Waals surface area contributed by atoms with Crippen LogP contribution in [0.3, 0.4) is 0 Å². The van der Waals surface area contributed by atoms with Crippen molar-refractivity contribution in [3.05, 3.63) is 35.6 Å². The van der Waals surface area contributed by atoms with Gasteiger partial charge in [0.1, 0.15) is 5.82 Å². The minimum atomic E-state index is -3.19. The predicted octanol–water partition coefficient (Wildman–Crippen LogP) is 0.869. The van der Waals surface area contributed by atoms with E-state index in [1.807, 2.05) is 6.07 Å². The summed E-state index contributed by atoms with van der Waals surface area (Å²) in [5, 5.41) is 2.96. The number of rotatable bonds is 5. The van der Waals surface area contributed by atoms with Gasteiger partial charge in [-0.05, 0) is 37.5 Å². The molecular weight excluding hydrogens is 359 g/mol. The van der Waals surface area contributed by atoms with Crippen molar-refractivity contribution in [3.8, 4) is 0 Å². The summed E-state index contributed by atoms with van der Waals surface area (Å²) < 4.78 is 38.6. The molecule has 0 aliphatic carbocycles. The van der Waals surface area contributed by atoms with Gasteiger partial charge in [0.05, 0.1) is 11.9 Å². The number of carbonyl (C=O) groups excluding carboxylic acids is 1. The van der Waals surface area contributed by atoms with E-state index >= 15 is 0 Å². The highest BCUT2D eigenvalue weighted by atomic mass is 32.2. The van der Waals surface area contributed by atoms with Crippen LogP contribution in [0.5, 0.6) is 0 Å². The SMILES string of the molecule is CCS(=O)(=O)N1CCC(C(=O)NC2CC(c3cccc(F)c3)NN2)CC1. The predicted molar refractivity (Wildman–Crippen MR) is 95.7 cm³/mol. The highest BCUT2D eigenvalue weighted by Gasteiger charge is 2.32. The van der Waals surface area contributed by atoms with Gasteiger partial charge in [-0.3, -0.25) is 4.79 Å². The number of piperidine rings is 1. The molecule has 1 aromatic rings. The van der Waals surface area contributed by atoms with Gasteiger partial charge in [0.15, 0.2) is 0 Å². The first-order valence-corrected chi connectivity index (χ1v) is 10.5. The van der Waals surface area contributed by atoms with Crippen LogP contribution in [-0.2, 0) is 14.8 Å². The minimum Gasteiger partial charge on any atom is -0.339 e. The number of nitrogens with one attached hydrogen (secondary N) is 3. The largest absolute Gasteiger partial charge is 0.339 e. The van der Waals surface area contributed by atoms with E-state index in [-0.39, 0.29) is 35.6 Å². The maximum Gasteiger partial charge on any atom is 0.224 e. The van der Waals surface area contributed by atoms with Crippen LogP contribution in [0.1, 0.15) is 37.8 Å². The second kappa shape index (κ2) is 7.99. The summed E-state index contributed by atoms with van der Waals surface area (Å²) in [6.07, 6.45) is 1.42. The molecule has 144 valence electrons. The first kappa shape index (κ1) is 19.2. The Bertz CT molecular complexity index is 750. The van der Waals surface area contributed by atoms with E-state index in [2.05, 4.69) is 16.2 Å². The smallest absolute Gasteiger partial charge is 0.224 e. The van der Waals surface area contributed by atoms with Gasteiger partial charge < -0.3 is 5.32 Å². The van der Waals surface area contributed by atoms with Gasteiger partial charge in [-0.25, -0.2) is 28.0 Å². The van der Waals surface area contributed by atoms with Crippen LogP contribution in [0.2, 0.25) is 0 Å². The third kappa shape index (κ3) is 4.40. The minimum absolute atomic E-state index is 0.0715. The zero-order chi connectivity index (χ0) is 18.7. The number of hydrogen-bond donors (Lipinski definition) is 3. The zero-order valence-electron chi connectivity index (χ0n) is 14.7. The van der Waals surface area contributed by atoms with Crippen molar-refractivity contribution in [1.82, 2.24) is 20.5 Å². The fourth-order valence-corrected chi connectivity index (χ4v) is 4.59. The van der Waals surface area contributed by atoms with Crippen molar-refractivity contribution >= 4 is 15.9 Å². The first-order chi connectivity index (χ1) is 12.4. The Morgan fingerprint density at radius 3 is 2.69 bits per heavy atom. The molecular formula is C17H25FN4O3S. The van der Waals surface area contributed by atoms with E-state index in [1.54, 1.807) is 13.0 Å². The average molecular weight is 384 g/mol. The van der Waals surface area contributed by atoms with Crippen LogP contribution in [0.15, 0.2) is 24.3 Å². The maximum absolute atomic E-state index is 13.3. The molecule has 2 unspecified atom stereocenters. The topological polar surface area (TPSA) is 90.5 Å². The fourth-order valence-electron chi connectivity index (χ4n) is 3.46. The van der Waals surface area contributed by atoms with Crippen LogP contribution >= 0.6 is 0 Å². The number of benzene rings is 1. The van der Waals surface area contributed by atoms with E-state index in [0.717, 1.165) is 5.56 Å². The Kier molecular flexibility index (Phi) is 5.91. The third-order valence-electron chi connectivity index (χ3n) is 5.05.